The van der Waals surface area contributed by atoms with Crippen LogP contribution in [0.3, 0.4) is 0 Å². The Labute approximate surface area is 126 Å². The molecule has 0 radical (unpaired) electrons. The summed E-state index contributed by atoms with van der Waals surface area (Å²) < 4.78 is 24.1. The quantitative estimate of drug-likeness (QED) is 0.612. The normalized spacial score (nSPS) is 11.4. The van der Waals surface area contributed by atoms with Crippen LogP contribution in [0.25, 0.3) is 0 Å². The van der Waals surface area contributed by atoms with Crippen LogP contribution >= 0.6 is 11.6 Å². The maximum atomic E-state index is 11.8. The predicted molar refractivity (Wildman–Crippen MR) is 77.9 cm³/mol. The fraction of sp³-hybridized carbons (Fsp3) is 0.364. The molecule has 0 saturated heterocycles. The van der Waals surface area contributed by atoms with Crippen LogP contribution in [0.4, 0.5) is 5.69 Å². The Balaban J connectivity index is 2.73. The van der Waals surface area contributed by atoms with Crippen LogP contribution in [0.15, 0.2) is 18.2 Å². The van der Waals surface area contributed by atoms with Crippen LogP contribution in [-0.4, -0.2) is 49.9 Å². The number of halogens is 1. The second kappa shape index (κ2) is 6.83. The zero-order chi connectivity index (χ0) is 16.2. The highest BCUT2D eigenvalue weighted by Crippen LogP contribution is 2.24. The molecule has 0 heterocycles. The lowest BCUT2D eigenvalue weighted by Gasteiger charge is -2.11. The minimum Gasteiger partial charge on any atom is -0.351 e. The maximum absolute atomic E-state index is 11.8. The number of carbonyl (C=O) groups excluding carboxylic acids is 1. The molecule has 0 aromatic heterocycles. The first-order valence-corrected chi connectivity index (χ1v) is 7.76. The van der Waals surface area contributed by atoms with E-state index >= 15 is 0 Å². The molecule has 1 aromatic carbocycles. The molecule has 0 fully saturated rings. The van der Waals surface area contributed by atoms with Crippen LogP contribution < -0.4 is 5.32 Å². The van der Waals surface area contributed by atoms with Crippen molar-refractivity contribution >= 4 is 33.2 Å². The first kappa shape index (κ1) is 17.3. The van der Waals surface area contributed by atoms with Crippen LogP contribution in [0.2, 0.25) is 5.02 Å². The Bertz CT molecular complexity index is 660. The highest BCUT2D eigenvalue weighted by molar-refractivity contribution is 7.89. The molecular formula is C11H14ClN3O5S. The minimum absolute atomic E-state index is 0.0355. The number of carbonyl (C=O) groups is 1. The van der Waals surface area contributed by atoms with Crippen LogP contribution in [0, 0.1) is 10.1 Å². The van der Waals surface area contributed by atoms with E-state index in [0.29, 0.717) is 0 Å². The molecule has 21 heavy (non-hydrogen) atoms. The number of rotatable bonds is 6. The highest BCUT2D eigenvalue weighted by atomic mass is 35.5. The summed E-state index contributed by atoms with van der Waals surface area (Å²) >= 11 is 5.64. The third kappa shape index (κ3) is 4.66. The summed E-state index contributed by atoms with van der Waals surface area (Å²) in [5.74, 6) is -0.870. The first-order chi connectivity index (χ1) is 9.65. The lowest BCUT2D eigenvalue weighted by molar-refractivity contribution is -0.384. The monoisotopic (exact) mass is 335 g/mol. The Morgan fingerprint density at radius 1 is 1.43 bits per heavy atom. The van der Waals surface area contributed by atoms with Gasteiger partial charge in [0.25, 0.3) is 11.6 Å². The van der Waals surface area contributed by atoms with E-state index in [2.05, 4.69) is 5.32 Å². The summed E-state index contributed by atoms with van der Waals surface area (Å²) in [6, 6.07) is 3.61. The number of nitro benzene ring substituents is 1. The molecule has 1 N–H and O–H groups in total. The molecule has 0 aliphatic rings. The Morgan fingerprint density at radius 3 is 2.57 bits per heavy atom. The van der Waals surface area contributed by atoms with Gasteiger partial charge in [0.2, 0.25) is 10.0 Å². The SMILES string of the molecule is CN(C)S(=O)(=O)CCNC(=O)c1ccc(Cl)c([N+](=O)[O-])c1. The van der Waals surface area contributed by atoms with Crippen molar-refractivity contribution in [3.8, 4) is 0 Å². The van der Waals surface area contributed by atoms with Gasteiger partial charge in [-0.1, -0.05) is 11.6 Å². The van der Waals surface area contributed by atoms with Gasteiger partial charge in [0.15, 0.2) is 0 Å². The van der Waals surface area contributed by atoms with E-state index in [1.54, 1.807) is 0 Å². The van der Waals surface area contributed by atoms with Crippen molar-refractivity contribution < 1.29 is 18.1 Å². The van der Waals surface area contributed by atoms with Crippen LogP contribution in [-0.2, 0) is 10.0 Å². The van der Waals surface area contributed by atoms with Gasteiger partial charge < -0.3 is 5.32 Å². The zero-order valence-electron chi connectivity index (χ0n) is 11.4. The summed E-state index contributed by atoms with van der Waals surface area (Å²) in [5, 5.41) is 13.0. The van der Waals surface area contributed by atoms with Gasteiger partial charge in [0, 0.05) is 32.3 Å². The van der Waals surface area contributed by atoms with Crippen molar-refractivity contribution in [2.75, 3.05) is 26.4 Å². The second-order valence-electron chi connectivity index (χ2n) is 4.28. The van der Waals surface area contributed by atoms with Gasteiger partial charge in [-0.25, -0.2) is 12.7 Å². The van der Waals surface area contributed by atoms with Gasteiger partial charge in [-0.15, -0.1) is 0 Å². The molecule has 0 atom stereocenters. The van der Waals surface area contributed by atoms with E-state index in [4.69, 9.17) is 11.6 Å². The lowest BCUT2D eigenvalue weighted by atomic mass is 10.2. The second-order valence-corrected chi connectivity index (χ2v) is 6.99. The molecule has 1 rings (SSSR count). The molecule has 0 spiro atoms. The average Bonchev–Trinajstić information content (AvgIpc) is 2.38. The van der Waals surface area contributed by atoms with E-state index in [-0.39, 0.29) is 28.6 Å². The largest absolute Gasteiger partial charge is 0.351 e. The summed E-state index contributed by atoms with van der Waals surface area (Å²) in [7, 11) is -0.638. The van der Waals surface area contributed by atoms with E-state index in [1.165, 1.54) is 26.2 Å². The van der Waals surface area contributed by atoms with E-state index in [1.807, 2.05) is 0 Å². The van der Waals surface area contributed by atoms with Gasteiger partial charge in [0.05, 0.1) is 10.7 Å². The number of benzene rings is 1. The number of sulfonamides is 1. The molecule has 10 heteroatoms. The number of nitro groups is 1. The fourth-order valence-corrected chi connectivity index (χ4v) is 2.28. The van der Waals surface area contributed by atoms with Crippen molar-refractivity contribution in [1.29, 1.82) is 0 Å². The summed E-state index contributed by atoms with van der Waals surface area (Å²) in [4.78, 5) is 21.8. The average molecular weight is 336 g/mol. The third-order valence-electron chi connectivity index (χ3n) is 2.61. The molecule has 0 unspecified atom stereocenters. The van der Waals surface area contributed by atoms with Crippen molar-refractivity contribution in [3.63, 3.8) is 0 Å². The number of nitrogens with zero attached hydrogens (tertiary/aromatic N) is 2. The Kier molecular flexibility index (Phi) is 5.64. The van der Waals surface area contributed by atoms with E-state index < -0.39 is 20.9 Å². The standard InChI is InChI=1S/C11H14ClN3O5S/c1-14(2)21(19,20)6-5-13-11(16)8-3-4-9(12)10(7-8)15(17)18/h3-4,7H,5-6H2,1-2H3,(H,13,16). The topological polar surface area (TPSA) is 110 Å². The predicted octanol–water partition coefficient (Wildman–Crippen LogP) is 0.869. The van der Waals surface area contributed by atoms with Gasteiger partial charge in [-0.05, 0) is 12.1 Å². The Hall–Kier alpha value is -1.71. The first-order valence-electron chi connectivity index (χ1n) is 5.77. The molecule has 0 aliphatic heterocycles. The Morgan fingerprint density at radius 2 is 2.05 bits per heavy atom. The number of hydrogen-bond donors (Lipinski definition) is 1. The summed E-state index contributed by atoms with van der Waals surface area (Å²) in [6.45, 7) is -0.101. The molecule has 8 nitrogen and oxygen atoms in total. The number of nitrogens with one attached hydrogen (secondary N) is 1. The van der Waals surface area contributed by atoms with Gasteiger partial charge in [-0.2, -0.15) is 0 Å². The zero-order valence-corrected chi connectivity index (χ0v) is 12.9. The summed E-state index contributed by atoms with van der Waals surface area (Å²) in [6.07, 6.45) is 0. The van der Waals surface area contributed by atoms with Gasteiger partial charge in [0.1, 0.15) is 5.02 Å². The van der Waals surface area contributed by atoms with Crippen molar-refractivity contribution in [1.82, 2.24) is 9.62 Å². The smallest absolute Gasteiger partial charge is 0.288 e. The third-order valence-corrected chi connectivity index (χ3v) is 4.76. The minimum atomic E-state index is -3.42. The molecule has 116 valence electrons. The van der Waals surface area contributed by atoms with Crippen molar-refractivity contribution in [2.24, 2.45) is 0 Å². The molecule has 0 saturated carbocycles. The summed E-state index contributed by atoms with van der Waals surface area (Å²) in [5.41, 5.74) is -0.349. The number of amides is 1. The van der Waals surface area contributed by atoms with E-state index in [0.717, 1.165) is 10.4 Å². The highest BCUT2D eigenvalue weighted by Gasteiger charge is 2.17. The molecule has 1 amide bonds. The molecule has 1 aromatic rings. The molecular weight excluding hydrogens is 322 g/mol. The van der Waals surface area contributed by atoms with Gasteiger partial charge >= 0.3 is 0 Å². The lowest BCUT2D eigenvalue weighted by Crippen LogP contribution is -2.33. The number of hydrogen-bond acceptors (Lipinski definition) is 5. The van der Waals surface area contributed by atoms with E-state index in [9.17, 15) is 23.3 Å². The van der Waals surface area contributed by atoms with Crippen molar-refractivity contribution in [3.05, 3.63) is 38.9 Å². The molecule has 0 bridgehead atoms. The van der Waals surface area contributed by atoms with Gasteiger partial charge in [-0.3, -0.25) is 14.9 Å². The maximum Gasteiger partial charge on any atom is 0.288 e. The molecule has 0 aliphatic carbocycles. The van der Waals surface area contributed by atoms with Crippen LogP contribution in [0.1, 0.15) is 10.4 Å². The van der Waals surface area contributed by atoms with Crippen LogP contribution in [0.5, 0.6) is 0 Å². The van der Waals surface area contributed by atoms with Crippen molar-refractivity contribution in [2.45, 2.75) is 0 Å². The fourth-order valence-electron chi connectivity index (χ4n) is 1.37.